The highest BCUT2D eigenvalue weighted by Crippen LogP contribution is 2.29. The van der Waals surface area contributed by atoms with Crippen LogP contribution in [0.15, 0.2) is 36.4 Å². The lowest BCUT2D eigenvalue weighted by Crippen LogP contribution is -2.34. The molecule has 7 nitrogen and oxygen atoms in total. The van der Waals surface area contributed by atoms with Crippen molar-refractivity contribution >= 4 is 15.8 Å². The van der Waals surface area contributed by atoms with Crippen molar-refractivity contribution in [2.24, 2.45) is 5.92 Å². The smallest absolute Gasteiger partial charge is 0.211 e. The topological polar surface area (TPSA) is 93.2 Å². The molecule has 1 aromatic heterocycles. The van der Waals surface area contributed by atoms with Gasteiger partial charge in [0.25, 0.3) is 0 Å². The number of anilines is 1. The summed E-state index contributed by atoms with van der Waals surface area (Å²) < 4.78 is 31.2. The molecule has 28 heavy (non-hydrogen) atoms. The van der Waals surface area contributed by atoms with Crippen LogP contribution in [0.3, 0.4) is 0 Å². The van der Waals surface area contributed by atoms with Crippen molar-refractivity contribution in [2.45, 2.75) is 38.6 Å². The van der Waals surface area contributed by atoms with Crippen LogP contribution in [0.2, 0.25) is 0 Å². The predicted molar refractivity (Wildman–Crippen MR) is 111 cm³/mol. The number of rotatable bonds is 8. The fraction of sp³-hybridized carbons (Fsp3) is 0.500. The minimum absolute atomic E-state index is 0.132. The molecule has 1 saturated carbocycles. The number of sulfonamides is 1. The number of aromatic nitrogens is 2. The Labute approximate surface area is 167 Å². The third-order valence-corrected chi connectivity index (χ3v) is 6.58. The fourth-order valence-electron chi connectivity index (χ4n) is 3.48. The normalized spacial score (nSPS) is 19.9. The van der Waals surface area contributed by atoms with E-state index in [-0.39, 0.29) is 5.75 Å². The Morgan fingerprint density at radius 1 is 1.07 bits per heavy atom. The average molecular weight is 405 g/mol. The molecule has 0 bridgehead atoms. The van der Waals surface area contributed by atoms with E-state index in [2.05, 4.69) is 20.2 Å². The zero-order chi connectivity index (χ0) is 20.0. The van der Waals surface area contributed by atoms with Crippen molar-refractivity contribution in [3.63, 3.8) is 0 Å². The van der Waals surface area contributed by atoms with Crippen LogP contribution in [0.5, 0.6) is 5.75 Å². The van der Waals surface area contributed by atoms with Gasteiger partial charge in [0, 0.05) is 18.2 Å². The second-order valence-electron chi connectivity index (χ2n) is 7.12. The summed E-state index contributed by atoms with van der Waals surface area (Å²) in [6.07, 6.45) is 3.98. The first-order valence-electron chi connectivity index (χ1n) is 9.71. The van der Waals surface area contributed by atoms with E-state index in [4.69, 9.17) is 4.74 Å². The van der Waals surface area contributed by atoms with Crippen molar-refractivity contribution in [3.8, 4) is 17.0 Å². The van der Waals surface area contributed by atoms with Crippen LogP contribution in [0.25, 0.3) is 11.3 Å². The largest absolute Gasteiger partial charge is 0.496 e. The van der Waals surface area contributed by atoms with Gasteiger partial charge in [0.05, 0.1) is 18.6 Å². The molecule has 1 aliphatic carbocycles. The SMILES string of the molecule is CCS(=O)(=O)NC[C@H]1CC[C@H](Nc2ccc(-c3ccccc3OC)nn2)CC1. The maximum Gasteiger partial charge on any atom is 0.211 e. The van der Waals surface area contributed by atoms with E-state index in [9.17, 15) is 8.42 Å². The van der Waals surface area contributed by atoms with Gasteiger partial charge in [0.15, 0.2) is 0 Å². The fourth-order valence-corrected chi connectivity index (χ4v) is 4.17. The van der Waals surface area contributed by atoms with E-state index in [0.717, 1.165) is 48.5 Å². The minimum Gasteiger partial charge on any atom is -0.496 e. The maximum atomic E-state index is 11.6. The van der Waals surface area contributed by atoms with Crippen LogP contribution >= 0.6 is 0 Å². The third-order valence-electron chi connectivity index (χ3n) is 5.22. The van der Waals surface area contributed by atoms with Gasteiger partial charge in [-0.3, -0.25) is 0 Å². The molecule has 0 atom stereocenters. The van der Waals surface area contributed by atoms with Gasteiger partial charge in [-0.1, -0.05) is 12.1 Å². The molecule has 1 fully saturated rings. The molecule has 0 spiro atoms. The zero-order valence-electron chi connectivity index (χ0n) is 16.4. The molecular formula is C20H28N4O3S. The monoisotopic (exact) mass is 404 g/mol. The number of ether oxygens (including phenoxy) is 1. The summed E-state index contributed by atoms with van der Waals surface area (Å²) in [7, 11) is -1.46. The van der Waals surface area contributed by atoms with Crippen LogP contribution in [0, 0.1) is 5.92 Å². The van der Waals surface area contributed by atoms with Gasteiger partial charge < -0.3 is 10.1 Å². The van der Waals surface area contributed by atoms with Crippen LogP contribution in [0.4, 0.5) is 5.82 Å². The Morgan fingerprint density at radius 2 is 1.82 bits per heavy atom. The van der Waals surface area contributed by atoms with Crippen molar-refractivity contribution in [3.05, 3.63) is 36.4 Å². The quantitative estimate of drug-likeness (QED) is 0.702. The molecular weight excluding hydrogens is 376 g/mol. The molecule has 0 aliphatic heterocycles. The first-order chi connectivity index (χ1) is 13.5. The molecule has 2 N–H and O–H groups in total. The number of para-hydroxylation sites is 1. The Bertz CT molecular complexity index is 863. The van der Waals surface area contributed by atoms with Gasteiger partial charge in [-0.05, 0) is 62.8 Å². The van der Waals surface area contributed by atoms with Gasteiger partial charge in [0.2, 0.25) is 10.0 Å². The second-order valence-corrected chi connectivity index (χ2v) is 9.21. The lowest BCUT2D eigenvalue weighted by molar-refractivity contribution is 0.337. The van der Waals surface area contributed by atoms with E-state index in [1.54, 1.807) is 14.0 Å². The number of hydrogen-bond donors (Lipinski definition) is 2. The maximum absolute atomic E-state index is 11.6. The highest BCUT2D eigenvalue weighted by molar-refractivity contribution is 7.89. The van der Waals surface area contributed by atoms with Gasteiger partial charge in [0.1, 0.15) is 11.6 Å². The molecule has 0 radical (unpaired) electrons. The third kappa shape index (κ3) is 5.42. The van der Waals surface area contributed by atoms with Gasteiger partial charge in [-0.25, -0.2) is 13.1 Å². The molecule has 0 unspecified atom stereocenters. The summed E-state index contributed by atoms with van der Waals surface area (Å²) in [5, 5.41) is 12.1. The van der Waals surface area contributed by atoms with E-state index in [0.29, 0.717) is 18.5 Å². The summed E-state index contributed by atoms with van der Waals surface area (Å²) in [5.41, 5.74) is 1.69. The molecule has 152 valence electrons. The summed E-state index contributed by atoms with van der Waals surface area (Å²) in [6.45, 7) is 2.19. The molecule has 2 aromatic rings. The summed E-state index contributed by atoms with van der Waals surface area (Å²) >= 11 is 0. The first-order valence-corrected chi connectivity index (χ1v) is 11.4. The lowest BCUT2D eigenvalue weighted by atomic mass is 9.86. The summed E-state index contributed by atoms with van der Waals surface area (Å²) in [5.74, 6) is 2.06. The highest BCUT2D eigenvalue weighted by atomic mass is 32.2. The molecule has 0 saturated heterocycles. The molecule has 1 aromatic carbocycles. The Balaban J connectivity index is 1.52. The Kier molecular flexibility index (Phi) is 6.85. The predicted octanol–water partition coefficient (Wildman–Crippen LogP) is 3.06. The highest BCUT2D eigenvalue weighted by Gasteiger charge is 2.22. The number of benzene rings is 1. The number of hydrogen-bond acceptors (Lipinski definition) is 6. The van der Waals surface area contributed by atoms with E-state index in [1.165, 1.54) is 0 Å². The van der Waals surface area contributed by atoms with Gasteiger partial charge in [-0.15, -0.1) is 10.2 Å². The van der Waals surface area contributed by atoms with E-state index in [1.807, 2.05) is 36.4 Å². The van der Waals surface area contributed by atoms with Crippen LogP contribution in [-0.4, -0.2) is 44.1 Å². The zero-order valence-corrected chi connectivity index (χ0v) is 17.2. The molecule has 3 rings (SSSR count). The first kappa shape index (κ1) is 20.5. The standard InChI is InChI=1S/C20H28N4O3S/c1-3-28(25,26)21-14-15-8-10-16(11-9-15)22-20-13-12-18(23-24-20)17-6-4-5-7-19(17)27-2/h4-7,12-13,15-16,21H,3,8-11,14H2,1-2H3,(H,22,24)/t15-,16-. The van der Waals surface area contributed by atoms with Crippen LogP contribution in [-0.2, 0) is 10.0 Å². The van der Waals surface area contributed by atoms with E-state index >= 15 is 0 Å². The Morgan fingerprint density at radius 3 is 2.46 bits per heavy atom. The van der Waals surface area contributed by atoms with Crippen molar-refractivity contribution in [1.29, 1.82) is 0 Å². The molecule has 1 heterocycles. The Hall–Kier alpha value is -2.19. The summed E-state index contributed by atoms with van der Waals surface area (Å²) in [4.78, 5) is 0. The van der Waals surface area contributed by atoms with Gasteiger partial charge >= 0.3 is 0 Å². The van der Waals surface area contributed by atoms with Crippen LogP contribution < -0.4 is 14.8 Å². The number of nitrogens with one attached hydrogen (secondary N) is 2. The summed E-state index contributed by atoms with van der Waals surface area (Å²) in [6, 6.07) is 12.0. The molecule has 8 heteroatoms. The van der Waals surface area contributed by atoms with Crippen molar-refractivity contribution < 1.29 is 13.2 Å². The second kappa shape index (κ2) is 9.34. The average Bonchev–Trinajstić information content (AvgIpc) is 2.74. The van der Waals surface area contributed by atoms with Gasteiger partial charge in [-0.2, -0.15) is 0 Å². The molecule has 1 aliphatic rings. The number of methoxy groups -OCH3 is 1. The van der Waals surface area contributed by atoms with Crippen molar-refractivity contribution in [1.82, 2.24) is 14.9 Å². The van der Waals surface area contributed by atoms with Crippen LogP contribution in [0.1, 0.15) is 32.6 Å². The minimum atomic E-state index is -3.11. The number of nitrogens with zero attached hydrogens (tertiary/aromatic N) is 2. The van der Waals surface area contributed by atoms with Crippen molar-refractivity contribution in [2.75, 3.05) is 24.7 Å². The lowest BCUT2D eigenvalue weighted by Gasteiger charge is -2.29. The van der Waals surface area contributed by atoms with E-state index < -0.39 is 10.0 Å². The molecule has 0 amide bonds.